The second-order valence-corrected chi connectivity index (χ2v) is 9.45. The van der Waals surface area contributed by atoms with Crippen molar-refractivity contribution >= 4 is 15.7 Å². The molecule has 33 heavy (non-hydrogen) atoms. The molecular weight excluding hydrogens is 466 g/mol. The molecule has 4 rings (SSSR count). The van der Waals surface area contributed by atoms with E-state index in [2.05, 4.69) is 9.97 Å². The topological polar surface area (TPSA) is 92.4 Å². The zero-order chi connectivity index (χ0) is 24.0. The first-order chi connectivity index (χ1) is 15.4. The van der Waals surface area contributed by atoms with Crippen LogP contribution < -0.4 is 4.74 Å². The number of nitrogens with one attached hydrogen (secondary N) is 1. The Kier molecular flexibility index (Phi) is 5.64. The van der Waals surface area contributed by atoms with Crippen LogP contribution in [0, 0.1) is 5.82 Å². The van der Waals surface area contributed by atoms with Crippen molar-refractivity contribution in [3.8, 4) is 11.5 Å². The molecule has 0 aliphatic carbocycles. The van der Waals surface area contributed by atoms with Crippen molar-refractivity contribution in [1.82, 2.24) is 14.9 Å². The smallest absolute Gasteiger partial charge is 0.419 e. The Labute approximate surface area is 185 Å². The molecule has 7 nitrogen and oxygen atoms in total. The molecule has 0 radical (unpaired) electrons. The number of alkyl halides is 3. The molecule has 174 valence electrons. The van der Waals surface area contributed by atoms with Gasteiger partial charge in [-0.2, -0.15) is 13.2 Å². The fraction of sp³-hybridized carbons (Fsp3) is 0.238. The monoisotopic (exact) mass is 483 g/mol. The van der Waals surface area contributed by atoms with Crippen molar-refractivity contribution in [3.63, 3.8) is 0 Å². The SMILES string of the molecule is CS(=O)(=O)c1ncc(C(=O)N2CCc3ccc(Oc4ccc(C(F)(F)F)c(F)c4)cc3C2)[nH]1. The van der Waals surface area contributed by atoms with E-state index in [4.69, 9.17) is 4.74 Å². The van der Waals surface area contributed by atoms with Gasteiger partial charge in [-0.25, -0.2) is 17.8 Å². The maximum absolute atomic E-state index is 13.8. The van der Waals surface area contributed by atoms with Crippen LogP contribution >= 0.6 is 0 Å². The maximum atomic E-state index is 13.8. The molecule has 0 saturated heterocycles. The molecule has 12 heteroatoms. The second kappa shape index (κ2) is 8.18. The Morgan fingerprint density at radius 3 is 2.45 bits per heavy atom. The number of ether oxygens (including phenoxy) is 1. The lowest BCUT2D eigenvalue weighted by atomic mass is 9.99. The summed E-state index contributed by atoms with van der Waals surface area (Å²) in [6.45, 7) is 0.587. The van der Waals surface area contributed by atoms with E-state index in [9.17, 15) is 30.8 Å². The van der Waals surface area contributed by atoms with E-state index in [1.54, 1.807) is 18.2 Å². The van der Waals surface area contributed by atoms with Crippen LogP contribution in [-0.4, -0.2) is 42.0 Å². The van der Waals surface area contributed by atoms with Gasteiger partial charge in [0, 0.05) is 25.4 Å². The lowest BCUT2D eigenvalue weighted by Crippen LogP contribution is -2.36. The summed E-state index contributed by atoms with van der Waals surface area (Å²) < 4.78 is 80.7. The number of hydrogen-bond acceptors (Lipinski definition) is 5. The average molecular weight is 483 g/mol. The van der Waals surface area contributed by atoms with Crippen LogP contribution in [0.5, 0.6) is 11.5 Å². The second-order valence-electron chi connectivity index (χ2n) is 7.52. The molecule has 1 aliphatic heterocycles. The number of amides is 1. The molecule has 3 aromatic rings. The van der Waals surface area contributed by atoms with Gasteiger partial charge >= 0.3 is 6.18 Å². The number of H-pyrrole nitrogens is 1. The molecule has 1 amide bonds. The Morgan fingerprint density at radius 1 is 1.12 bits per heavy atom. The molecule has 1 aliphatic rings. The minimum atomic E-state index is -4.80. The number of nitrogens with zero attached hydrogens (tertiary/aromatic N) is 2. The number of imidazole rings is 1. The molecule has 2 heterocycles. The van der Waals surface area contributed by atoms with Crippen molar-refractivity contribution in [3.05, 3.63) is 70.8 Å². The summed E-state index contributed by atoms with van der Waals surface area (Å²) in [6.07, 6.45) is -2.14. The summed E-state index contributed by atoms with van der Waals surface area (Å²) in [5.41, 5.74) is 0.340. The summed E-state index contributed by atoms with van der Waals surface area (Å²) in [5, 5.41) is -0.303. The van der Waals surface area contributed by atoms with E-state index >= 15 is 0 Å². The number of hydrogen-bond donors (Lipinski definition) is 1. The van der Waals surface area contributed by atoms with Crippen LogP contribution in [0.15, 0.2) is 47.8 Å². The van der Waals surface area contributed by atoms with E-state index in [0.29, 0.717) is 25.1 Å². The lowest BCUT2D eigenvalue weighted by Gasteiger charge is -2.28. The summed E-state index contributed by atoms with van der Waals surface area (Å²) in [7, 11) is -3.59. The summed E-state index contributed by atoms with van der Waals surface area (Å²) in [5.74, 6) is -1.71. The highest BCUT2D eigenvalue weighted by molar-refractivity contribution is 7.90. The minimum absolute atomic E-state index is 0.0338. The van der Waals surface area contributed by atoms with Gasteiger partial charge in [-0.1, -0.05) is 6.07 Å². The Hall–Kier alpha value is -3.41. The first-order valence-electron chi connectivity index (χ1n) is 9.62. The van der Waals surface area contributed by atoms with Crippen LogP contribution in [0.1, 0.15) is 27.2 Å². The predicted octanol–water partition coefficient (Wildman–Crippen LogP) is 3.96. The number of sulfone groups is 1. The third kappa shape index (κ3) is 4.85. The van der Waals surface area contributed by atoms with Gasteiger partial charge in [0.2, 0.25) is 15.0 Å². The Balaban J connectivity index is 1.51. The van der Waals surface area contributed by atoms with E-state index in [0.717, 1.165) is 29.6 Å². The largest absolute Gasteiger partial charge is 0.457 e. The van der Waals surface area contributed by atoms with Crippen molar-refractivity contribution in [2.24, 2.45) is 0 Å². The van der Waals surface area contributed by atoms with Crippen molar-refractivity contribution < 1.29 is 35.5 Å². The van der Waals surface area contributed by atoms with E-state index < -0.39 is 33.3 Å². The minimum Gasteiger partial charge on any atom is -0.457 e. The van der Waals surface area contributed by atoms with Gasteiger partial charge < -0.3 is 14.6 Å². The van der Waals surface area contributed by atoms with Gasteiger partial charge in [0.1, 0.15) is 23.0 Å². The van der Waals surface area contributed by atoms with Crippen LogP contribution in [-0.2, 0) is 29.0 Å². The maximum Gasteiger partial charge on any atom is 0.419 e. The van der Waals surface area contributed by atoms with Gasteiger partial charge in [-0.05, 0) is 41.8 Å². The molecule has 0 atom stereocenters. The van der Waals surface area contributed by atoms with Gasteiger partial charge in [0.25, 0.3) is 5.91 Å². The number of carbonyl (C=O) groups is 1. The standard InChI is InChI=1S/C21H17F4N3O4S/c1-33(30,31)20-26-10-18(27-20)19(29)28-7-6-12-2-3-14(8-13(12)11-28)32-15-4-5-16(17(22)9-15)21(23,24)25/h2-5,8-10H,6-7,11H2,1H3,(H,26,27). The van der Waals surface area contributed by atoms with Crippen LogP contribution in [0.2, 0.25) is 0 Å². The summed E-state index contributed by atoms with van der Waals surface area (Å²) in [6, 6.07) is 7.30. The third-order valence-electron chi connectivity index (χ3n) is 5.09. The highest BCUT2D eigenvalue weighted by Gasteiger charge is 2.34. The molecular formula is C21H17F4N3O4S. The average Bonchev–Trinajstić information content (AvgIpc) is 3.22. The molecule has 2 aromatic carbocycles. The molecule has 1 aromatic heterocycles. The molecule has 0 spiro atoms. The number of halogens is 4. The highest BCUT2D eigenvalue weighted by Crippen LogP contribution is 2.34. The lowest BCUT2D eigenvalue weighted by molar-refractivity contribution is -0.140. The predicted molar refractivity (Wildman–Crippen MR) is 108 cm³/mol. The fourth-order valence-electron chi connectivity index (χ4n) is 3.47. The molecule has 0 fully saturated rings. The van der Waals surface area contributed by atoms with Crippen LogP contribution in [0.3, 0.4) is 0 Å². The fourth-order valence-corrected chi connectivity index (χ4v) is 4.01. The molecule has 0 saturated carbocycles. The molecule has 1 N–H and O–H groups in total. The van der Waals surface area contributed by atoms with E-state index in [1.807, 2.05) is 0 Å². The van der Waals surface area contributed by atoms with Gasteiger partial charge in [-0.3, -0.25) is 4.79 Å². The number of fused-ring (bicyclic) bond motifs is 1. The summed E-state index contributed by atoms with van der Waals surface area (Å²) >= 11 is 0. The number of carbonyl (C=O) groups excluding carboxylic acids is 1. The third-order valence-corrected chi connectivity index (χ3v) is 6.00. The van der Waals surface area contributed by atoms with Crippen molar-refractivity contribution in [1.29, 1.82) is 0 Å². The Bertz CT molecular complexity index is 1340. The van der Waals surface area contributed by atoms with Gasteiger partial charge in [-0.15, -0.1) is 0 Å². The van der Waals surface area contributed by atoms with Crippen LogP contribution in [0.4, 0.5) is 17.6 Å². The number of aromatic amines is 1. The number of benzene rings is 2. The van der Waals surface area contributed by atoms with Crippen molar-refractivity contribution in [2.75, 3.05) is 12.8 Å². The van der Waals surface area contributed by atoms with E-state index in [-0.39, 0.29) is 28.9 Å². The van der Waals surface area contributed by atoms with Crippen LogP contribution in [0.25, 0.3) is 0 Å². The number of rotatable bonds is 4. The van der Waals surface area contributed by atoms with Crippen molar-refractivity contribution in [2.45, 2.75) is 24.3 Å². The Morgan fingerprint density at radius 2 is 1.82 bits per heavy atom. The summed E-state index contributed by atoms with van der Waals surface area (Å²) in [4.78, 5) is 20.5. The highest BCUT2D eigenvalue weighted by atomic mass is 32.2. The molecule has 0 unspecified atom stereocenters. The van der Waals surface area contributed by atoms with Gasteiger partial charge in [0.05, 0.1) is 11.8 Å². The first kappa shape index (κ1) is 22.8. The first-order valence-corrected chi connectivity index (χ1v) is 11.5. The number of aromatic nitrogens is 2. The normalized spacial score (nSPS) is 14.2. The zero-order valence-electron chi connectivity index (χ0n) is 17.1. The van der Waals surface area contributed by atoms with Gasteiger partial charge in [0.15, 0.2) is 0 Å². The zero-order valence-corrected chi connectivity index (χ0v) is 17.9. The molecule has 0 bridgehead atoms. The quantitative estimate of drug-likeness (QED) is 0.567. The van der Waals surface area contributed by atoms with E-state index in [1.165, 1.54) is 4.90 Å².